The average molecular weight is 347 g/mol. The van der Waals surface area contributed by atoms with E-state index in [0.29, 0.717) is 29.8 Å². The van der Waals surface area contributed by atoms with Crippen molar-refractivity contribution >= 4 is 23.3 Å². The van der Waals surface area contributed by atoms with Gasteiger partial charge >= 0.3 is 6.03 Å². The minimum atomic E-state index is -0.284. The van der Waals surface area contributed by atoms with Crippen molar-refractivity contribution in [1.29, 1.82) is 0 Å². The summed E-state index contributed by atoms with van der Waals surface area (Å²) in [5, 5.41) is 6.11. The average Bonchev–Trinajstić information content (AvgIpc) is 2.55. The largest absolute Gasteiger partial charge is 0.492 e. The molecule has 2 aromatic carbocycles. The second-order valence-corrected chi connectivity index (χ2v) is 6.32. The summed E-state index contributed by atoms with van der Waals surface area (Å²) in [5.74, 6) is 1.30. The summed E-state index contributed by atoms with van der Waals surface area (Å²) in [7, 11) is 0. The summed E-state index contributed by atoms with van der Waals surface area (Å²) in [5.41, 5.74) is 2.91. The van der Waals surface area contributed by atoms with Crippen LogP contribution in [0.5, 0.6) is 5.75 Å². The maximum absolute atomic E-state index is 11.8. The second kappa shape index (κ2) is 8.60. The number of benzene rings is 2. The molecule has 0 aliphatic heterocycles. The topological polar surface area (TPSA) is 50.4 Å². The molecule has 5 heteroatoms. The number of aryl methyl sites for hydroxylation is 1. The Morgan fingerprint density at radius 1 is 1.17 bits per heavy atom. The molecule has 0 bridgehead atoms. The molecule has 2 aromatic rings. The third-order valence-corrected chi connectivity index (χ3v) is 4.04. The fourth-order valence-electron chi connectivity index (χ4n) is 2.13. The van der Waals surface area contributed by atoms with Crippen molar-refractivity contribution in [2.75, 3.05) is 18.5 Å². The fraction of sp³-hybridized carbons (Fsp3) is 0.316. The summed E-state index contributed by atoms with van der Waals surface area (Å²) in [4.78, 5) is 11.8. The van der Waals surface area contributed by atoms with E-state index in [-0.39, 0.29) is 6.03 Å². The number of urea groups is 1. The second-order valence-electron chi connectivity index (χ2n) is 5.92. The predicted molar refractivity (Wildman–Crippen MR) is 99.2 cm³/mol. The van der Waals surface area contributed by atoms with E-state index in [1.807, 2.05) is 31.2 Å². The van der Waals surface area contributed by atoms with E-state index in [9.17, 15) is 4.79 Å². The smallest absolute Gasteiger partial charge is 0.319 e. The van der Waals surface area contributed by atoms with Gasteiger partial charge in [-0.3, -0.25) is 0 Å². The van der Waals surface area contributed by atoms with E-state index >= 15 is 0 Å². The molecule has 0 aliphatic carbocycles. The van der Waals surface area contributed by atoms with Crippen LogP contribution < -0.4 is 15.4 Å². The van der Waals surface area contributed by atoms with Crippen LogP contribution in [0.4, 0.5) is 10.5 Å². The Balaban J connectivity index is 1.71. The lowest BCUT2D eigenvalue weighted by Crippen LogP contribution is -2.32. The maximum atomic E-state index is 11.8. The molecule has 0 radical (unpaired) electrons. The van der Waals surface area contributed by atoms with Gasteiger partial charge in [-0.1, -0.05) is 43.6 Å². The molecule has 0 unspecified atom stereocenters. The minimum absolute atomic E-state index is 0.284. The van der Waals surface area contributed by atoms with Gasteiger partial charge in [-0.2, -0.15) is 0 Å². The van der Waals surface area contributed by atoms with Crippen molar-refractivity contribution < 1.29 is 9.53 Å². The van der Waals surface area contributed by atoms with Crippen LogP contribution in [-0.2, 0) is 0 Å². The quantitative estimate of drug-likeness (QED) is 0.725. The summed E-state index contributed by atoms with van der Waals surface area (Å²) >= 11 is 6.03. The fourth-order valence-corrected chi connectivity index (χ4v) is 2.31. The van der Waals surface area contributed by atoms with Gasteiger partial charge < -0.3 is 15.4 Å². The summed E-state index contributed by atoms with van der Waals surface area (Å²) in [6, 6.07) is 13.1. The number of hydrogen-bond acceptors (Lipinski definition) is 2. The van der Waals surface area contributed by atoms with Gasteiger partial charge in [-0.25, -0.2) is 4.79 Å². The van der Waals surface area contributed by atoms with Gasteiger partial charge in [-0.15, -0.1) is 0 Å². The lowest BCUT2D eigenvalue weighted by Gasteiger charge is -2.11. The summed E-state index contributed by atoms with van der Waals surface area (Å²) < 4.78 is 5.61. The number of hydrogen-bond donors (Lipinski definition) is 2. The molecule has 2 amide bonds. The predicted octanol–water partition coefficient (Wildman–Crippen LogP) is 4.97. The van der Waals surface area contributed by atoms with Crippen molar-refractivity contribution in [3.05, 3.63) is 58.6 Å². The van der Waals surface area contributed by atoms with Gasteiger partial charge in [0.05, 0.1) is 6.54 Å². The van der Waals surface area contributed by atoms with Crippen molar-refractivity contribution in [1.82, 2.24) is 5.32 Å². The van der Waals surface area contributed by atoms with E-state index < -0.39 is 0 Å². The molecule has 4 nitrogen and oxygen atoms in total. The first-order chi connectivity index (χ1) is 11.5. The molecule has 0 atom stereocenters. The highest BCUT2D eigenvalue weighted by Gasteiger charge is 2.04. The van der Waals surface area contributed by atoms with E-state index in [2.05, 4.69) is 36.6 Å². The van der Waals surface area contributed by atoms with Gasteiger partial charge in [0, 0.05) is 10.7 Å². The highest BCUT2D eigenvalue weighted by Crippen LogP contribution is 2.20. The Bertz CT molecular complexity index is 684. The molecule has 0 saturated carbocycles. The molecule has 0 saturated heterocycles. The normalized spacial score (nSPS) is 10.5. The van der Waals surface area contributed by atoms with Crippen molar-refractivity contribution in [2.24, 2.45) is 0 Å². The number of carbonyl (C=O) groups excluding carboxylic acids is 1. The zero-order valence-corrected chi connectivity index (χ0v) is 15.0. The lowest BCUT2D eigenvalue weighted by atomic mass is 10.0. The Hall–Kier alpha value is -2.20. The first-order valence-electron chi connectivity index (χ1n) is 7.99. The van der Waals surface area contributed by atoms with E-state index in [4.69, 9.17) is 16.3 Å². The zero-order chi connectivity index (χ0) is 17.5. The molecule has 2 N–H and O–H groups in total. The van der Waals surface area contributed by atoms with Crippen LogP contribution >= 0.6 is 11.6 Å². The molecule has 0 aromatic heterocycles. The number of ether oxygens (including phenoxy) is 1. The van der Waals surface area contributed by atoms with Gasteiger partial charge in [0.15, 0.2) is 0 Å². The third kappa shape index (κ3) is 5.46. The number of halogens is 1. The van der Waals surface area contributed by atoms with E-state index in [0.717, 1.165) is 11.3 Å². The van der Waals surface area contributed by atoms with Crippen LogP contribution in [0.3, 0.4) is 0 Å². The molecule has 0 aliphatic rings. The first kappa shape index (κ1) is 18.1. The number of carbonyl (C=O) groups is 1. The van der Waals surface area contributed by atoms with Crippen LogP contribution in [0.1, 0.15) is 30.9 Å². The maximum Gasteiger partial charge on any atom is 0.319 e. The summed E-state index contributed by atoms with van der Waals surface area (Å²) in [6.07, 6.45) is 0. The standard InChI is InChI=1S/C19H23ClN2O2/c1-13(2)15-5-8-17(9-6-15)24-11-10-21-19(23)22-16-7-4-14(3)18(20)12-16/h4-9,12-13H,10-11H2,1-3H3,(H2,21,22,23). The van der Waals surface area contributed by atoms with Crippen LogP contribution in [0.25, 0.3) is 0 Å². The Kier molecular flexibility index (Phi) is 6.50. The molecular formula is C19H23ClN2O2. The molecule has 0 spiro atoms. The number of rotatable bonds is 6. The Morgan fingerprint density at radius 2 is 1.88 bits per heavy atom. The third-order valence-electron chi connectivity index (χ3n) is 3.63. The Labute approximate surface area is 148 Å². The van der Waals surface area contributed by atoms with E-state index in [1.165, 1.54) is 5.56 Å². The molecule has 24 heavy (non-hydrogen) atoms. The van der Waals surface area contributed by atoms with Crippen LogP contribution in [0.2, 0.25) is 5.02 Å². The summed E-state index contributed by atoms with van der Waals surface area (Å²) in [6.45, 7) is 7.04. The number of amides is 2. The number of anilines is 1. The number of nitrogens with one attached hydrogen (secondary N) is 2. The van der Waals surface area contributed by atoms with Crippen LogP contribution in [-0.4, -0.2) is 19.2 Å². The molecule has 2 rings (SSSR count). The SMILES string of the molecule is Cc1ccc(NC(=O)NCCOc2ccc(C(C)C)cc2)cc1Cl. The van der Waals surface area contributed by atoms with Crippen molar-refractivity contribution in [3.8, 4) is 5.75 Å². The van der Waals surface area contributed by atoms with Gasteiger partial charge in [-0.05, 0) is 48.2 Å². The van der Waals surface area contributed by atoms with Gasteiger partial charge in [0.1, 0.15) is 12.4 Å². The molecule has 128 valence electrons. The van der Waals surface area contributed by atoms with Crippen molar-refractivity contribution in [2.45, 2.75) is 26.7 Å². The van der Waals surface area contributed by atoms with Crippen LogP contribution in [0, 0.1) is 6.92 Å². The lowest BCUT2D eigenvalue weighted by molar-refractivity contribution is 0.247. The zero-order valence-electron chi connectivity index (χ0n) is 14.2. The highest BCUT2D eigenvalue weighted by atomic mass is 35.5. The van der Waals surface area contributed by atoms with Crippen molar-refractivity contribution in [3.63, 3.8) is 0 Å². The highest BCUT2D eigenvalue weighted by molar-refractivity contribution is 6.31. The monoisotopic (exact) mass is 346 g/mol. The molecule has 0 heterocycles. The molecule has 0 fully saturated rings. The first-order valence-corrected chi connectivity index (χ1v) is 8.37. The van der Waals surface area contributed by atoms with Gasteiger partial charge in [0.2, 0.25) is 0 Å². The van der Waals surface area contributed by atoms with Gasteiger partial charge in [0.25, 0.3) is 0 Å². The van der Waals surface area contributed by atoms with E-state index in [1.54, 1.807) is 6.07 Å². The Morgan fingerprint density at radius 3 is 2.50 bits per heavy atom. The van der Waals surface area contributed by atoms with Crippen LogP contribution in [0.15, 0.2) is 42.5 Å². The minimum Gasteiger partial charge on any atom is -0.492 e. The molecular weight excluding hydrogens is 324 g/mol.